The van der Waals surface area contributed by atoms with E-state index in [4.69, 9.17) is 5.11 Å². The normalized spacial score (nSPS) is 16.2. The molecule has 2 aromatic rings. The highest BCUT2D eigenvalue weighted by molar-refractivity contribution is 5.87. The van der Waals surface area contributed by atoms with Gasteiger partial charge in [0.1, 0.15) is 5.82 Å². The van der Waals surface area contributed by atoms with Crippen LogP contribution in [0.5, 0.6) is 0 Å². The summed E-state index contributed by atoms with van der Waals surface area (Å²) in [4.78, 5) is 15.2. The predicted molar refractivity (Wildman–Crippen MR) is 57.8 cm³/mol. The molecule has 1 fully saturated rings. The van der Waals surface area contributed by atoms with Gasteiger partial charge in [-0.3, -0.25) is 0 Å². The SMILES string of the molecule is O=C(O)c1ccc2cnc(C3CNC3)n2c1. The largest absolute Gasteiger partial charge is 0.478 e. The maximum Gasteiger partial charge on any atom is 0.337 e. The molecule has 0 atom stereocenters. The van der Waals surface area contributed by atoms with Crippen molar-refractivity contribution in [3.8, 4) is 0 Å². The van der Waals surface area contributed by atoms with Crippen molar-refractivity contribution >= 4 is 11.5 Å². The van der Waals surface area contributed by atoms with Gasteiger partial charge in [-0.15, -0.1) is 0 Å². The number of carbonyl (C=O) groups is 1. The zero-order chi connectivity index (χ0) is 11.1. The van der Waals surface area contributed by atoms with E-state index >= 15 is 0 Å². The molecule has 1 aliphatic heterocycles. The molecule has 0 radical (unpaired) electrons. The highest BCUT2D eigenvalue weighted by Crippen LogP contribution is 2.20. The molecule has 0 aliphatic carbocycles. The average molecular weight is 217 g/mol. The zero-order valence-electron chi connectivity index (χ0n) is 8.55. The van der Waals surface area contributed by atoms with Gasteiger partial charge in [0.15, 0.2) is 0 Å². The number of hydrogen-bond acceptors (Lipinski definition) is 3. The van der Waals surface area contributed by atoms with E-state index in [2.05, 4.69) is 10.3 Å². The van der Waals surface area contributed by atoms with Gasteiger partial charge in [0, 0.05) is 25.2 Å². The summed E-state index contributed by atoms with van der Waals surface area (Å²) in [6.07, 6.45) is 3.41. The fourth-order valence-electron chi connectivity index (χ4n) is 1.91. The van der Waals surface area contributed by atoms with Gasteiger partial charge in [-0.1, -0.05) is 0 Å². The Morgan fingerprint density at radius 1 is 1.50 bits per heavy atom. The van der Waals surface area contributed by atoms with Crippen molar-refractivity contribution in [2.75, 3.05) is 13.1 Å². The molecule has 3 rings (SSSR count). The lowest BCUT2D eigenvalue weighted by Gasteiger charge is -2.25. The summed E-state index contributed by atoms with van der Waals surface area (Å²) in [6.45, 7) is 1.83. The number of aromatic nitrogens is 2. The van der Waals surface area contributed by atoms with Crippen LogP contribution in [0.1, 0.15) is 22.1 Å². The quantitative estimate of drug-likeness (QED) is 0.777. The van der Waals surface area contributed by atoms with Gasteiger partial charge >= 0.3 is 5.97 Å². The van der Waals surface area contributed by atoms with E-state index in [0.29, 0.717) is 11.5 Å². The molecule has 5 nitrogen and oxygen atoms in total. The van der Waals surface area contributed by atoms with Gasteiger partial charge in [0.2, 0.25) is 0 Å². The van der Waals surface area contributed by atoms with Crippen molar-refractivity contribution in [3.05, 3.63) is 35.9 Å². The molecule has 1 saturated heterocycles. The Morgan fingerprint density at radius 2 is 2.31 bits per heavy atom. The lowest BCUT2D eigenvalue weighted by molar-refractivity contribution is 0.0696. The van der Waals surface area contributed by atoms with Crippen LogP contribution in [0.15, 0.2) is 24.5 Å². The third kappa shape index (κ3) is 1.29. The summed E-state index contributed by atoms with van der Waals surface area (Å²) in [7, 11) is 0. The van der Waals surface area contributed by atoms with Crippen LogP contribution in [-0.4, -0.2) is 33.6 Å². The number of pyridine rings is 1. The zero-order valence-corrected chi connectivity index (χ0v) is 8.55. The molecule has 0 spiro atoms. The van der Waals surface area contributed by atoms with Gasteiger partial charge in [0.05, 0.1) is 17.3 Å². The van der Waals surface area contributed by atoms with E-state index < -0.39 is 5.97 Å². The summed E-state index contributed by atoms with van der Waals surface area (Å²) < 4.78 is 1.87. The molecule has 0 aromatic carbocycles. The highest BCUT2D eigenvalue weighted by Gasteiger charge is 2.23. The second kappa shape index (κ2) is 3.31. The van der Waals surface area contributed by atoms with Crippen LogP contribution in [0.4, 0.5) is 0 Å². The third-order valence-electron chi connectivity index (χ3n) is 2.95. The summed E-state index contributed by atoms with van der Waals surface area (Å²) in [5.74, 6) is 0.427. The lowest BCUT2D eigenvalue weighted by Crippen LogP contribution is -2.40. The van der Waals surface area contributed by atoms with Gasteiger partial charge < -0.3 is 14.8 Å². The van der Waals surface area contributed by atoms with Gasteiger partial charge in [0.25, 0.3) is 0 Å². The molecular weight excluding hydrogens is 206 g/mol. The summed E-state index contributed by atoms with van der Waals surface area (Å²) in [6, 6.07) is 3.38. The molecule has 0 amide bonds. The van der Waals surface area contributed by atoms with Crippen LogP contribution < -0.4 is 5.32 Å². The molecule has 82 valence electrons. The van der Waals surface area contributed by atoms with E-state index in [1.54, 1.807) is 24.5 Å². The number of fused-ring (bicyclic) bond motifs is 1. The summed E-state index contributed by atoms with van der Waals surface area (Å²) in [5, 5.41) is 12.1. The maximum absolute atomic E-state index is 10.9. The first-order valence-corrected chi connectivity index (χ1v) is 5.17. The highest BCUT2D eigenvalue weighted by atomic mass is 16.4. The Bertz CT molecular complexity index is 557. The summed E-state index contributed by atoms with van der Waals surface area (Å²) >= 11 is 0. The first-order chi connectivity index (χ1) is 7.75. The molecule has 2 N–H and O–H groups in total. The molecule has 2 aromatic heterocycles. The second-order valence-electron chi connectivity index (χ2n) is 3.99. The van der Waals surface area contributed by atoms with Crippen LogP contribution in [0, 0.1) is 0 Å². The second-order valence-corrected chi connectivity index (χ2v) is 3.99. The Balaban J connectivity index is 2.15. The smallest absolute Gasteiger partial charge is 0.337 e. The number of imidazole rings is 1. The fraction of sp³-hybridized carbons (Fsp3) is 0.273. The number of nitrogens with zero attached hydrogens (tertiary/aromatic N) is 2. The van der Waals surface area contributed by atoms with Crippen LogP contribution >= 0.6 is 0 Å². The lowest BCUT2D eigenvalue weighted by atomic mass is 10.0. The standard InChI is InChI=1S/C11H11N3O2/c15-11(16)7-1-2-9-5-13-10(14(9)6-7)8-3-12-4-8/h1-2,5-6,8,12H,3-4H2,(H,15,16). The van der Waals surface area contributed by atoms with Crippen LogP contribution in [0.2, 0.25) is 0 Å². The predicted octanol–water partition coefficient (Wildman–Crippen LogP) is 0.719. The van der Waals surface area contributed by atoms with E-state index in [1.165, 1.54) is 0 Å². The van der Waals surface area contributed by atoms with Crippen molar-refractivity contribution in [1.82, 2.24) is 14.7 Å². The first-order valence-electron chi connectivity index (χ1n) is 5.17. The van der Waals surface area contributed by atoms with Crippen molar-refractivity contribution in [2.24, 2.45) is 0 Å². The maximum atomic E-state index is 10.9. The van der Waals surface area contributed by atoms with Gasteiger partial charge in [-0.25, -0.2) is 9.78 Å². The Kier molecular flexibility index (Phi) is 1.94. The Labute approximate surface area is 91.7 Å². The minimum atomic E-state index is -0.909. The molecule has 0 unspecified atom stereocenters. The average Bonchev–Trinajstić information content (AvgIpc) is 2.59. The number of carboxylic acids is 1. The number of hydrogen-bond donors (Lipinski definition) is 2. The molecule has 3 heterocycles. The third-order valence-corrected chi connectivity index (χ3v) is 2.95. The van der Waals surface area contributed by atoms with Gasteiger partial charge in [-0.2, -0.15) is 0 Å². The fourth-order valence-corrected chi connectivity index (χ4v) is 1.91. The Morgan fingerprint density at radius 3 is 2.94 bits per heavy atom. The van der Waals surface area contributed by atoms with E-state index in [0.717, 1.165) is 24.4 Å². The molecule has 5 heteroatoms. The minimum absolute atomic E-state index is 0.291. The molecule has 1 aliphatic rings. The molecule has 0 bridgehead atoms. The first kappa shape index (κ1) is 9.35. The van der Waals surface area contributed by atoms with Crippen molar-refractivity contribution in [2.45, 2.75) is 5.92 Å². The molecular formula is C11H11N3O2. The van der Waals surface area contributed by atoms with E-state index in [9.17, 15) is 4.79 Å². The Hall–Kier alpha value is -1.88. The van der Waals surface area contributed by atoms with Gasteiger partial charge in [-0.05, 0) is 12.1 Å². The van der Waals surface area contributed by atoms with Crippen LogP contribution in [-0.2, 0) is 0 Å². The number of carboxylic acid groups (broad SMARTS) is 1. The van der Waals surface area contributed by atoms with Crippen LogP contribution in [0.25, 0.3) is 5.52 Å². The molecule has 0 saturated carbocycles. The minimum Gasteiger partial charge on any atom is -0.478 e. The number of rotatable bonds is 2. The van der Waals surface area contributed by atoms with Crippen molar-refractivity contribution < 1.29 is 9.90 Å². The topological polar surface area (TPSA) is 66.6 Å². The number of aromatic carboxylic acids is 1. The summed E-state index contributed by atoms with van der Waals surface area (Å²) in [5.41, 5.74) is 1.23. The monoisotopic (exact) mass is 217 g/mol. The van der Waals surface area contributed by atoms with Crippen molar-refractivity contribution in [3.63, 3.8) is 0 Å². The molecule has 16 heavy (non-hydrogen) atoms. The van der Waals surface area contributed by atoms with Crippen LogP contribution in [0.3, 0.4) is 0 Å². The van der Waals surface area contributed by atoms with E-state index in [1.807, 2.05) is 4.40 Å². The number of nitrogens with one attached hydrogen (secondary N) is 1. The van der Waals surface area contributed by atoms with E-state index in [-0.39, 0.29) is 0 Å². The van der Waals surface area contributed by atoms with Crippen molar-refractivity contribution in [1.29, 1.82) is 0 Å².